The molecule has 1 aromatic heterocycles. The van der Waals surface area contributed by atoms with Gasteiger partial charge in [-0.3, -0.25) is 4.79 Å². The van der Waals surface area contributed by atoms with Gasteiger partial charge in [0.2, 0.25) is 0 Å². The summed E-state index contributed by atoms with van der Waals surface area (Å²) in [6.07, 6.45) is 1.23. The third-order valence-corrected chi connectivity index (χ3v) is 3.49. The smallest absolute Gasteiger partial charge is 0.255 e. The minimum atomic E-state index is -0.377. The highest BCUT2D eigenvalue weighted by Gasteiger charge is 2.13. The Balaban J connectivity index is 1.71. The number of nitrogens with one attached hydrogen (secondary N) is 1. The summed E-state index contributed by atoms with van der Waals surface area (Å²) in [5.41, 5.74) is 13.1. The van der Waals surface area contributed by atoms with Crippen molar-refractivity contribution in [1.29, 1.82) is 0 Å². The molecule has 2 aromatic carbocycles. The van der Waals surface area contributed by atoms with Gasteiger partial charge in [-0.15, -0.1) is 0 Å². The van der Waals surface area contributed by atoms with Gasteiger partial charge >= 0.3 is 0 Å². The lowest BCUT2D eigenvalue weighted by molar-refractivity contribution is 0.102. The van der Waals surface area contributed by atoms with E-state index in [0.29, 0.717) is 17.9 Å². The Hall–Kier alpha value is -3.61. The SMILES string of the molecule is Nc1ncnc(N)c1NC(=O)c1cccc(OCc2ccccc2)c1. The highest BCUT2D eigenvalue weighted by Crippen LogP contribution is 2.22. The molecule has 0 fully saturated rings. The summed E-state index contributed by atoms with van der Waals surface area (Å²) < 4.78 is 5.73. The van der Waals surface area contributed by atoms with Gasteiger partial charge in [0.1, 0.15) is 24.4 Å². The van der Waals surface area contributed by atoms with Crippen molar-refractivity contribution in [1.82, 2.24) is 9.97 Å². The molecule has 1 amide bonds. The lowest BCUT2D eigenvalue weighted by Gasteiger charge is -2.10. The average molecular weight is 335 g/mol. The Bertz CT molecular complexity index is 863. The molecule has 0 aliphatic heterocycles. The Morgan fingerprint density at radius 3 is 2.44 bits per heavy atom. The summed E-state index contributed by atoms with van der Waals surface area (Å²) in [5, 5.41) is 2.63. The van der Waals surface area contributed by atoms with Crippen LogP contribution in [0.25, 0.3) is 0 Å². The lowest BCUT2D eigenvalue weighted by atomic mass is 10.2. The van der Waals surface area contributed by atoms with Crippen LogP contribution in [0.2, 0.25) is 0 Å². The number of nitrogen functional groups attached to an aromatic ring is 2. The van der Waals surface area contributed by atoms with E-state index >= 15 is 0 Å². The number of ether oxygens (including phenoxy) is 1. The van der Waals surface area contributed by atoms with Crippen LogP contribution < -0.4 is 21.5 Å². The molecule has 0 unspecified atom stereocenters. The van der Waals surface area contributed by atoms with Gasteiger partial charge in [0.05, 0.1) is 0 Å². The fraction of sp³-hybridized carbons (Fsp3) is 0.0556. The molecule has 126 valence electrons. The van der Waals surface area contributed by atoms with Gasteiger partial charge in [0.15, 0.2) is 11.6 Å². The molecule has 5 N–H and O–H groups in total. The topological polar surface area (TPSA) is 116 Å². The molecule has 0 atom stereocenters. The highest BCUT2D eigenvalue weighted by molar-refractivity contribution is 6.07. The van der Waals surface area contributed by atoms with E-state index < -0.39 is 0 Å². The van der Waals surface area contributed by atoms with Crippen molar-refractivity contribution in [3.8, 4) is 5.75 Å². The standard InChI is InChI=1S/C18H17N5O2/c19-16-15(17(20)22-11-21-16)23-18(24)13-7-4-8-14(9-13)25-10-12-5-2-1-3-6-12/h1-9,11H,10H2,(H,23,24)(H4,19,20,21,22). The summed E-state index contributed by atoms with van der Waals surface area (Å²) in [4.78, 5) is 20.0. The molecular weight excluding hydrogens is 318 g/mol. The van der Waals surface area contributed by atoms with Gasteiger partial charge in [-0.05, 0) is 23.8 Å². The zero-order valence-corrected chi connectivity index (χ0v) is 13.3. The van der Waals surface area contributed by atoms with Gasteiger partial charge in [-0.1, -0.05) is 36.4 Å². The lowest BCUT2D eigenvalue weighted by Crippen LogP contribution is -2.16. The van der Waals surface area contributed by atoms with Crippen molar-refractivity contribution in [3.63, 3.8) is 0 Å². The molecule has 0 saturated carbocycles. The number of carbonyl (C=O) groups excluding carboxylic acids is 1. The minimum Gasteiger partial charge on any atom is -0.489 e. The average Bonchev–Trinajstić information content (AvgIpc) is 2.64. The van der Waals surface area contributed by atoms with E-state index in [1.807, 2.05) is 30.3 Å². The Kier molecular flexibility index (Phi) is 4.75. The fourth-order valence-electron chi connectivity index (χ4n) is 2.20. The van der Waals surface area contributed by atoms with Crippen molar-refractivity contribution in [2.45, 2.75) is 6.61 Å². The molecule has 0 saturated heterocycles. The first-order valence-electron chi connectivity index (χ1n) is 7.57. The number of anilines is 3. The number of aromatic nitrogens is 2. The first-order valence-corrected chi connectivity index (χ1v) is 7.57. The van der Waals surface area contributed by atoms with Crippen LogP contribution >= 0.6 is 0 Å². The first kappa shape index (κ1) is 16.3. The largest absolute Gasteiger partial charge is 0.489 e. The molecule has 7 heteroatoms. The quantitative estimate of drug-likeness (QED) is 0.659. The van der Waals surface area contributed by atoms with E-state index in [1.165, 1.54) is 6.33 Å². The van der Waals surface area contributed by atoms with Crippen LogP contribution in [0.5, 0.6) is 5.75 Å². The van der Waals surface area contributed by atoms with Crippen molar-refractivity contribution in [2.75, 3.05) is 16.8 Å². The van der Waals surface area contributed by atoms with Crippen LogP contribution in [-0.4, -0.2) is 15.9 Å². The molecule has 0 spiro atoms. The molecular formula is C18H17N5O2. The number of benzene rings is 2. The molecule has 7 nitrogen and oxygen atoms in total. The second-order valence-corrected chi connectivity index (χ2v) is 5.28. The monoisotopic (exact) mass is 335 g/mol. The predicted molar refractivity (Wildman–Crippen MR) is 96.0 cm³/mol. The Morgan fingerprint density at radius 2 is 1.72 bits per heavy atom. The van der Waals surface area contributed by atoms with E-state index in [2.05, 4.69) is 15.3 Å². The van der Waals surface area contributed by atoms with E-state index in [-0.39, 0.29) is 23.2 Å². The number of hydrogen-bond donors (Lipinski definition) is 3. The van der Waals surface area contributed by atoms with Gasteiger partial charge in [-0.2, -0.15) is 0 Å². The number of hydrogen-bond acceptors (Lipinski definition) is 6. The van der Waals surface area contributed by atoms with E-state index in [4.69, 9.17) is 16.2 Å². The van der Waals surface area contributed by atoms with Gasteiger partial charge in [-0.25, -0.2) is 9.97 Å². The number of nitrogens with zero attached hydrogens (tertiary/aromatic N) is 2. The maximum atomic E-state index is 12.4. The van der Waals surface area contributed by atoms with E-state index in [9.17, 15) is 4.79 Å². The summed E-state index contributed by atoms with van der Waals surface area (Å²) >= 11 is 0. The normalized spacial score (nSPS) is 10.2. The third kappa shape index (κ3) is 4.03. The Labute approximate surface area is 144 Å². The molecule has 0 bridgehead atoms. The minimum absolute atomic E-state index is 0.109. The summed E-state index contributed by atoms with van der Waals surface area (Å²) in [5.74, 6) is 0.426. The van der Waals surface area contributed by atoms with Crippen LogP contribution in [-0.2, 0) is 6.61 Å². The van der Waals surface area contributed by atoms with E-state index in [1.54, 1.807) is 24.3 Å². The van der Waals surface area contributed by atoms with E-state index in [0.717, 1.165) is 5.56 Å². The summed E-state index contributed by atoms with van der Waals surface area (Å²) in [6, 6.07) is 16.6. The van der Waals surface area contributed by atoms with Crippen LogP contribution in [0.4, 0.5) is 17.3 Å². The van der Waals surface area contributed by atoms with Crippen LogP contribution in [0, 0.1) is 0 Å². The zero-order chi connectivity index (χ0) is 17.6. The molecule has 3 aromatic rings. The summed E-state index contributed by atoms with van der Waals surface area (Å²) in [6.45, 7) is 0.415. The van der Waals surface area contributed by atoms with Crippen LogP contribution in [0.15, 0.2) is 60.9 Å². The third-order valence-electron chi connectivity index (χ3n) is 3.49. The maximum absolute atomic E-state index is 12.4. The second-order valence-electron chi connectivity index (χ2n) is 5.28. The summed E-state index contributed by atoms with van der Waals surface area (Å²) in [7, 11) is 0. The zero-order valence-electron chi connectivity index (χ0n) is 13.3. The van der Waals surface area contributed by atoms with Crippen molar-refractivity contribution in [3.05, 3.63) is 72.1 Å². The molecule has 0 radical (unpaired) electrons. The van der Waals surface area contributed by atoms with Gasteiger partial charge < -0.3 is 21.5 Å². The van der Waals surface area contributed by atoms with Crippen LogP contribution in [0.3, 0.4) is 0 Å². The maximum Gasteiger partial charge on any atom is 0.255 e. The predicted octanol–water partition coefficient (Wildman–Crippen LogP) is 2.47. The molecule has 1 heterocycles. The van der Waals surface area contributed by atoms with Gasteiger partial charge in [0.25, 0.3) is 5.91 Å². The number of rotatable bonds is 5. The number of amides is 1. The molecule has 0 aliphatic carbocycles. The number of nitrogens with two attached hydrogens (primary N) is 2. The van der Waals surface area contributed by atoms with Crippen molar-refractivity contribution in [2.24, 2.45) is 0 Å². The molecule has 0 aliphatic rings. The first-order chi connectivity index (χ1) is 12.1. The van der Waals surface area contributed by atoms with Crippen molar-refractivity contribution >= 4 is 23.2 Å². The molecule has 3 rings (SSSR count). The van der Waals surface area contributed by atoms with Crippen LogP contribution in [0.1, 0.15) is 15.9 Å². The highest BCUT2D eigenvalue weighted by atomic mass is 16.5. The van der Waals surface area contributed by atoms with Gasteiger partial charge in [0, 0.05) is 5.56 Å². The fourth-order valence-corrected chi connectivity index (χ4v) is 2.20. The molecule has 25 heavy (non-hydrogen) atoms. The second kappa shape index (κ2) is 7.31. The Morgan fingerprint density at radius 1 is 1.00 bits per heavy atom. The van der Waals surface area contributed by atoms with Crippen molar-refractivity contribution < 1.29 is 9.53 Å². The number of carbonyl (C=O) groups is 1.